The number of para-hydroxylation sites is 1. The van der Waals surface area contributed by atoms with E-state index in [0.717, 1.165) is 18.5 Å². The highest BCUT2D eigenvalue weighted by molar-refractivity contribution is 5.81. The first-order valence-electron chi connectivity index (χ1n) is 5.95. The third-order valence-corrected chi connectivity index (χ3v) is 3.13. The summed E-state index contributed by atoms with van der Waals surface area (Å²) < 4.78 is 1.95. The van der Waals surface area contributed by atoms with Gasteiger partial charge in [-0.1, -0.05) is 24.3 Å². The maximum atomic E-state index is 4.60. The van der Waals surface area contributed by atoms with E-state index in [-0.39, 0.29) is 0 Å². The maximum Gasteiger partial charge on any atom is 0.0718 e. The van der Waals surface area contributed by atoms with Gasteiger partial charge >= 0.3 is 0 Å². The van der Waals surface area contributed by atoms with Crippen LogP contribution >= 0.6 is 0 Å². The molecule has 3 nitrogen and oxygen atoms in total. The van der Waals surface area contributed by atoms with Gasteiger partial charge in [-0.15, -0.1) is 6.58 Å². The number of aryl methyl sites for hydroxylation is 1. The predicted molar refractivity (Wildman–Crippen MR) is 72.1 cm³/mol. The number of fused-ring (bicyclic) bond motifs is 1. The molecular weight excluding hydrogens is 210 g/mol. The van der Waals surface area contributed by atoms with Gasteiger partial charge in [-0.2, -0.15) is 5.10 Å². The topological polar surface area (TPSA) is 29.9 Å². The van der Waals surface area contributed by atoms with Gasteiger partial charge in [0.1, 0.15) is 0 Å². The monoisotopic (exact) mass is 229 g/mol. The molecule has 0 spiro atoms. The van der Waals surface area contributed by atoms with Gasteiger partial charge in [-0.05, 0) is 19.5 Å². The number of likely N-dealkylation sites (N-methyl/N-ethyl adjacent to an activating group) is 1. The first-order valence-corrected chi connectivity index (χ1v) is 5.95. The molecule has 0 aliphatic carbocycles. The smallest absolute Gasteiger partial charge is 0.0718 e. The van der Waals surface area contributed by atoms with Crippen LogP contribution < -0.4 is 5.32 Å². The lowest BCUT2D eigenvalue weighted by Crippen LogP contribution is -2.27. The Morgan fingerprint density at radius 3 is 2.94 bits per heavy atom. The summed E-state index contributed by atoms with van der Waals surface area (Å²) in [4.78, 5) is 0. The molecule has 2 rings (SSSR count). The van der Waals surface area contributed by atoms with E-state index < -0.39 is 0 Å². The van der Waals surface area contributed by atoms with Gasteiger partial charge in [-0.3, -0.25) is 4.68 Å². The van der Waals surface area contributed by atoms with Gasteiger partial charge in [0.2, 0.25) is 0 Å². The fourth-order valence-electron chi connectivity index (χ4n) is 2.18. The SMILES string of the molecule is C=CCC(Cc1nn(C)c2ccccc12)NC. The average molecular weight is 229 g/mol. The number of benzene rings is 1. The van der Waals surface area contributed by atoms with Crippen LogP contribution in [0.15, 0.2) is 36.9 Å². The first-order chi connectivity index (χ1) is 8.26. The normalized spacial score (nSPS) is 12.8. The lowest BCUT2D eigenvalue weighted by molar-refractivity contribution is 0.556. The molecule has 2 aromatic rings. The van der Waals surface area contributed by atoms with Crippen LogP contribution in [0.3, 0.4) is 0 Å². The number of aromatic nitrogens is 2. The Morgan fingerprint density at radius 2 is 2.24 bits per heavy atom. The molecule has 0 aliphatic rings. The molecule has 0 radical (unpaired) electrons. The van der Waals surface area contributed by atoms with Crippen molar-refractivity contribution < 1.29 is 0 Å². The first kappa shape index (κ1) is 11.9. The highest BCUT2D eigenvalue weighted by Gasteiger charge is 2.12. The Balaban J connectivity index is 2.32. The number of rotatable bonds is 5. The minimum atomic E-state index is 0.408. The van der Waals surface area contributed by atoms with E-state index in [4.69, 9.17) is 0 Å². The lowest BCUT2D eigenvalue weighted by atomic mass is 10.1. The van der Waals surface area contributed by atoms with Crippen molar-refractivity contribution in [3.05, 3.63) is 42.6 Å². The molecule has 0 fully saturated rings. The van der Waals surface area contributed by atoms with E-state index in [0.29, 0.717) is 6.04 Å². The van der Waals surface area contributed by atoms with Crippen molar-refractivity contribution in [3.8, 4) is 0 Å². The molecule has 0 saturated heterocycles. The van der Waals surface area contributed by atoms with E-state index in [1.807, 2.05) is 30.9 Å². The Bertz CT molecular complexity index is 513. The van der Waals surface area contributed by atoms with Crippen LogP contribution in [0, 0.1) is 0 Å². The van der Waals surface area contributed by atoms with Crippen LogP contribution in [0.1, 0.15) is 12.1 Å². The summed E-state index contributed by atoms with van der Waals surface area (Å²) in [6.45, 7) is 3.79. The van der Waals surface area contributed by atoms with Gasteiger partial charge in [0.05, 0.1) is 11.2 Å². The number of nitrogens with one attached hydrogen (secondary N) is 1. The highest BCUT2D eigenvalue weighted by atomic mass is 15.3. The quantitative estimate of drug-likeness (QED) is 0.797. The molecule has 17 heavy (non-hydrogen) atoms. The Labute approximate surface area is 102 Å². The van der Waals surface area contributed by atoms with Gasteiger partial charge in [-0.25, -0.2) is 0 Å². The van der Waals surface area contributed by atoms with E-state index in [9.17, 15) is 0 Å². The summed E-state index contributed by atoms with van der Waals surface area (Å²) in [5, 5.41) is 9.16. The second kappa shape index (κ2) is 5.15. The number of nitrogens with zero attached hydrogens (tertiary/aromatic N) is 2. The van der Waals surface area contributed by atoms with Gasteiger partial charge in [0, 0.05) is 24.9 Å². The van der Waals surface area contributed by atoms with E-state index in [1.165, 1.54) is 10.9 Å². The molecule has 90 valence electrons. The molecule has 0 amide bonds. The summed E-state index contributed by atoms with van der Waals surface area (Å²) >= 11 is 0. The Hall–Kier alpha value is -1.61. The standard InChI is InChI=1S/C14H19N3/c1-4-7-11(15-2)10-13-12-8-5-6-9-14(12)17(3)16-13/h4-6,8-9,11,15H,1,7,10H2,2-3H3. The molecule has 3 heteroatoms. The van der Waals surface area contributed by atoms with Gasteiger partial charge < -0.3 is 5.32 Å². The van der Waals surface area contributed by atoms with Crippen LogP contribution in [-0.2, 0) is 13.5 Å². The molecule has 0 bridgehead atoms. The molecule has 1 aromatic carbocycles. The fourth-order valence-corrected chi connectivity index (χ4v) is 2.18. The zero-order valence-corrected chi connectivity index (χ0v) is 10.5. The second-order valence-corrected chi connectivity index (χ2v) is 4.30. The lowest BCUT2D eigenvalue weighted by Gasteiger charge is -2.12. The molecule has 1 aromatic heterocycles. The molecule has 0 aliphatic heterocycles. The molecule has 1 N–H and O–H groups in total. The van der Waals surface area contributed by atoms with Crippen molar-refractivity contribution >= 4 is 10.9 Å². The number of hydrogen-bond donors (Lipinski definition) is 1. The van der Waals surface area contributed by atoms with Gasteiger partial charge in [0.25, 0.3) is 0 Å². The van der Waals surface area contributed by atoms with E-state index in [2.05, 4.69) is 35.2 Å². The van der Waals surface area contributed by atoms with Gasteiger partial charge in [0.15, 0.2) is 0 Å². The summed E-state index contributed by atoms with van der Waals surface area (Å²) in [5.74, 6) is 0. The minimum Gasteiger partial charge on any atom is -0.316 e. The molecule has 0 saturated carbocycles. The fraction of sp³-hybridized carbons (Fsp3) is 0.357. The number of hydrogen-bond acceptors (Lipinski definition) is 2. The summed E-state index contributed by atoms with van der Waals surface area (Å²) in [6.07, 6.45) is 3.84. The van der Waals surface area contributed by atoms with Crippen LogP contribution in [0.4, 0.5) is 0 Å². The Morgan fingerprint density at radius 1 is 1.47 bits per heavy atom. The van der Waals surface area contributed by atoms with Crippen molar-refractivity contribution in [2.24, 2.45) is 7.05 Å². The van der Waals surface area contributed by atoms with Crippen molar-refractivity contribution in [2.75, 3.05) is 7.05 Å². The average Bonchev–Trinajstić information content (AvgIpc) is 2.66. The Kier molecular flexibility index (Phi) is 3.59. The van der Waals surface area contributed by atoms with Crippen LogP contribution in [0.2, 0.25) is 0 Å². The molecule has 1 unspecified atom stereocenters. The summed E-state index contributed by atoms with van der Waals surface area (Å²) in [6, 6.07) is 8.76. The van der Waals surface area contributed by atoms with Crippen molar-refractivity contribution in [1.82, 2.24) is 15.1 Å². The molecular formula is C14H19N3. The van der Waals surface area contributed by atoms with Crippen LogP contribution in [0.5, 0.6) is 0 Å². The second-order valence-electron chi connectivity index (χ2n) is 4.30. The zero-order chi connectivity index (χ0) is 12.3. The highest BCUT2D eigenvalue weighted by Crippen LogP contribution is 2.19. The largest absolute Gasteiger partial charge is 0.316 e. The third-order valence-electron chi connectivity index (χ3n) is 3.13. The zero-order valence-electron chi connectivity index (χ0n) is 10.5. The van der Waals surface area contributed by atoms with Crippen LogP contribution in [0.25, 0.3) is 10.9 Å². The predicted octanol–water partition coefficient (Wildman–Crippen LogP) is 2.28. The molecule has 1 atom stereocenters. The maximum absolute atomic E-state index is 4.60. The molecule has 1 heterocycles. The van der Waals surface area contributed by atoms with E-state index in [1.54, 1.807) is 0 Å². The third kappa shape index (κ3) is 2.39. The minimum absolute atomic E-state index is 0.408. The summed E-state index contributed by atoms with van der Waals surface area (Å²) in [7, 11) is 3.98. The van der Waals surface area contributed by atoms with E-state index >= 15 is 0 Å². The van der Waals surface area contributed by atoms with Crippen LogP contribution in [-0.4, -0.2) is 22.9 Å². The summed E-state index contributed by atoms with van der Waals surface area (Å²) in [5.41, 5.74) is 2.35. The van der Waals surface area contributed by atoms with Crippen molar-refractivity contribution in [3.63, 3.8) is 0 Å². The van der Waals surface area contributed by atoms with Crippen molar-refractivity contribution in [2.45, 2.75) is 18.9 Å². The van der Waals surface area contributed by atoms with Crippen molar-refractivity contribution in [1.29, 1.82) is 0 Å².